The van der Waals surface area contributed by atoms with Crippen LogP contribution in [0.1, 0.15) is 0 Å². The zero-order valence-corrected chi connectivity index (χ0v) is 4.13. The van der Waals surface area contributed by atoms with Crippen molar-refractivity contribution in [3.63, 3.8) is 0 Å². The van der Waals surface area contributed by atoms with E-state index in [0.29, 0.717) is 13.1 Å². The molecule has 3 heteroatoms. The number of nitrogens with two attached hydrogens (primary N) is 2. The Morgan fingerprint density at radius 3 is 1.86 bits per heavy atom. The first-order valence-electron chi connectivity index (χ1n) is 2.20. The molecule has 0 aliphatic carbocycles. The van der Waals surface area contributed by atoms with Crippen LogP contribution in [0.2, 0.25) is 0 Å². The first kappa shape index (κ1) is 6.59. The maximum Gasteiger partial charge on any atom is 0.125 e. The topological polar surface area (TPSA) is 69.1 Å². The van der Waals surface area contributed by atoms with E-state index >= 15 is 0 Å². The van der Waals surface area contributed by atoms with Crippen LogP contribution in [0.5, 0.6) is 0 Å². The second kappa shape index (κ2) is 3.77. The van der Waals surface area contributed by atoms with Crippen molar-refractivity contribution in [3.8, 4) is 0 Å². The minimum absolute atomic E-state index is 0.139. The van der Waals surface area contributed by atoms with E-state index in [1.165, 1.54) is 0 Å². The average Bonchev–Trinajstić information content (AvgIpc) is 1.72. The molecule has 0 fully saturated rings. The summed E-state index contributed by atoms with van der Waals surface area (Å²) < 4.78 is 0. The van der Waals surface area contributed by atoms with Gasteiger partial charge in [-0.1, -0.05) is 0 Å². The molecular weight excluding hydrogens is 92.1 g/mol. The minimum atomic E-state index is -0.139. The number of hydrogen-bond donors (Lipinski definition) is 2. The van der Waals surface area contributed by atoms with Crippen molar-refractivity contribution >= 4 is 6.29 Å². The van der Waals surface area contributed by atoms with E-state index in [-0.39, 0.29) is 5.92 Å². The fourth-order valence-corrected chi connectivity index (χ4v) is 0.207. The van der Waals surface area contributed by atoms with Gasteiger partial charge in [0.15, 0.2) is 0 Å². The fraction of sp³-hybridized carbons (Fsp3) is 0.750. The quantitative estimate of drug-likeness (QED) is 0.436. The molecule has 0 rings (SSSR count). The number of hydrogen-bond acceptors (Lipinski definition) is 3. The molecule has 0 saturated carbocycles. The standard InChI is InChI=1S/C4H10N2O/c5-1-4(2-6)3-7/h3-4H,1-2,5-6H2. The summed E-state index contributed by atoms with van der Waals surface area (Å²) >= 11 is 0. The molecule has 0 saturated heterocycles. The zero-order chi connectivity index (χ0) is 5.70. The van der Waals surface area contributed by atoms with Gasteiger partial charge in [0.05, 0.1) is 0 Å². The monoisotopic (exact) mass is 102 g/mol. The molecule has 0 bridgehead atoms. The van der Waals surface area contributed by atoms with Crippen molar-refractivity contribution in [2.45, 2.75) is 0 Å². The van der Waals surface area contributed by atoms with Gasteiger partial charge in [-0.2, -0.15) is 0 Å². The van der Waals surface area contributed by atoms with Crippen molar-refractivity contribution in [1.29, 1.82) is 0 Å². The smallest absolute Gasteiger partial charge is 0.125 e. The molecule has 0 aromatic carbocycles. The summed E-state index contributed by atoms with van der Waals surface area (Å²) in [7, 11) is 0. The van der Waals surface area contributed by atoms with Crippen LogP contribution in [0.4, 0.5) is 0 Å². The Bertz CT molecular complexity index is 51.7. The van der Waals surface area contributed by atoms with Gasteiger partial charge in [0, 0.05) is 19.0 Å². The molecule has 0 spiro atoms. The lowest BCUT2D eigenvalue weighted by Crippen LogP contribution is -2.23. The van der Waals surface area contributed by atoms with Gasteiger partial charge in [-0.15, -0.1) is 0 Å². The SMILES string of the molecule is NCC(C=O)CN. The molecule has 0 unspecified atom stereocenters. The third-order valence-electron chi connectivity index (χ3n) is 0.798. The summed E-state index contributed by atoms with van der Waals surface area (Å²) in [5.41, 5.74) is 10.2. The van der Waals surface area contributed by atoms with Crippen LogP contribution in [0.25, 0.3) is 0 Å². The highest BCUT2D eigenvalue weighted by Crippen LogP contribution is 1.78. The van der Waals surface area contributed by atoms with Crippen LogP contribution in [0.15, 0.2) is 0 Å². The van der Waals surface area contributed by atoms with Gasteiger partial charge in [-0.05, 0) is 0 Å². The number of carbonyl (C=O) groups is 1. The average molecular weight is 102 g/mol. The number of carbonyl (C=O) groups excluding carboxylic acids is 1. The highest BCUT2D eigenvalue weighted by molar-refractivity contribution is 5.53. The third-order valence-corrected chi connectivity index (χ3v) is 0.798. The van der Waals surface area contributed by atoms with Crippen LogP contribution < -0.4 is 11.5 Å². The predicted octanol–water partition coefficient (Wildman–Crippen LogP) is -1.28. The van der Waals surface area contributed by atoms with Gasteiger partial charge >= 0.3 is 0 Å². The maximum atomic E-state index is 9.81. The minimum Gasteiger partial charge on any atom is -0.330 e. The molecule has 0 aliphatic rings. The molecule has 7 heavy (non-hydrogen) atoms. The van der Waals surface area contributed by atoms with Crippen LogP contribution in [0.3, 0.4) is 0 Å². The summed E-state index contributed by atoms with van der Waals surface area (Å²) in [5, 5.41) is 0. The number of rotatable bonds is 3. The molecule has 42 valence electrons. The second-order valence-electron chi connectivity index (χ2n) is 1.37. The van der Waals surface area contributed by atoms with E-state index in [9.17, 15) is 4.79 Å². The van der Waals surface area contributed by atoms with Gasteiger partial charge in [-0.25, -0.2) is 0 Å². The molecule has 0 atom stereocenters. The summed E-state index contributed by atoms with van der Waals surface area (Å²) in [6.07, 6.45) is 0.778. The molecule has 0 amide bonds. The Labute approximate surface area is 42.7 Å². The molecule has 3 nitrogen and oxygen atoms in total. The fourth-order valence-electron chi connectivity index (χ4n) is 0.207. The van der Waals surface area contributed by atoms with Crippen LogP contribution in [-0.4, -0.2) is 19.4 Å². The Hall–Kier alpha value is -0.410. The van der Waals surface area contributed by atoms with E-state index in [2.05, 4.69) is 0 Å². The normalized spacial score (nSPS) is 9.57. The Morgan fingerprint density at radius 1 is 1.43 bits per heavy atom. The van der Waals surface area contributed by atoms with Gasteiger partial charge in [0.25, 0.3) is 0 Å². The van der Waals surface area contributed by atoms with E-state index in [1.807, 2.05) is 0 Å². The summed E-state index contributed by atoms with van der Waals surface area (Å²) in [4.78, 5) is 9.81. The molecule has 0 radical (unpaired) electrons. The summed E-state index contributed by atoms with van der Waals surface area (Å²) in [6, 6.07) is 0. The van der Waals surface area contributed by atoms with E-state index in [0.717, 1.165) is 6.29 Å². The van der Waals surface area contributed by atoms with E-state index in [4.69, 9.17) is 11.5 Å². The van der Waals surface area contributed by atoms with Crippen LogP contribution in [-0.2, 0) is 4.79 Å². The number of aldehydes is 1. The third kappa shape index (κ3) is 2.31. The maximum absolute atomic E-state index is 9.81. The molecule has 4 N–H and O–H groups in total. The zero-order valence-electron chi connectivity index (χ0n) is 4.13. The van der Waals surface area contributed by atoms with Gasteiger partial charge in [0.1, 0.15) is 6.29 Å². The first-order chi connectivity index (χ1) is 3.35. The Kier molecular flexibility index (Phi) is 3.55. The lowest BCUT2D eigenvalue weighted by atomic mass is 10.2. The van der Waals surface area contributed by atoms with Crippen LogP contribution >= 0.6 is 0 Å². The van der Waals surface area contributed by atoms with Crippen molar-refractivity contribution in [2.24, 2.45) is 17.4 Å². The van der Waals surface area contributed by atoms with Crippen molar-refractivity contribution in [2.75, 3.05) is 13.1 Å². The van der Waals surface area contributed by atoms with E-state index < -0.39 is 0 Å². The molecular formula is C4H10N2O. The van der Waals surface area contributed by atoms with E-state index in [1.54, 1.807) is 0 Å². The van der Waals surface area contributed by atoms with Gasteiger partial charge in [-0.3, -0.25) is 0 Å². The summed E-state index contributed by atoms with van der Waals surface area (Å²) in [5.74, 6) is -0.139. The summed E-state index contributed by atoms with van der Waals surface area (Å²) in [6.45, 7) is 0.722. The van der Waals surface area contributed by atoms with Gasteiger partial charge < -0.3 is 16.3 Å². The highest BCUT2D eigenvalue weighted by atomic mass is 16.1. The highest BCUT2D eigenvalue weighted by Gasteiger charge is 1.97. The lowest BCUT2D eigenvalue weighted by molar-refractivity contribution is -0.110. The largest absolute Gasteiger partial charge is 0.330 e. The predicted molar refractivity (Wildman–Crippen MR) is 27.7 cm³/mol. The molecule has 0 aliphatic heterocycles. The first-order valence-corrected chi connectivity index (χ1v) is 2.20. The van der Waals surface area contributed by atoms with Crippen molar-refractivity contribution in [3.05, 3.63) is 0 Å². The molecule has 0 aromatic rings. The van der Waals surface area contributed by atoms with Crippen LogP contribution in [0, 0.1) is 5.92 Å². The Balaban J connectivity index is 3.16. The Morgan fingerprint density at radius 2 is 1.86 bits per heavy atom. The van der Waals surface area contributed by atoms with Crippen molar-refractivity contribution in [1.82, 2.24) is 0 Å². The molecule has 0 aromatic heterocycles. The van der Waals surface area contributed by atoms with Gasteiger partial charge in [0.2, 0.25) is 0 Å². The van der Waals surface area contributed by atoms with Crippen molar-refractivity contribution < 1.29 is 4.79 Å². The molecule has 0 heterocycles. The lowest BCUT2D eigenvalue weighted by Gasteiger charge is -1.97. The second-order valence-corrected chi connectivity index (χ2v) is 1.37.